The van der Waals surface area contributed by atoms with Gasteiger partial charge in [-0.05, 0) is 12.5 Å². The van der Waals surface area contributed by atoms with E-state index in [0.717, 1.165) is 17.2 Å². The van der Waals surface area contributed by atoms with E-state index >= 15 is 0 Å². The van der Waals surface area contributed by atoms with Gasteiger partial charge in [0.2, 0.25) is 0 Å². The molecule has 0 atom stereocenters. The second kappa shape index (κ2) is 7.24. The Morgan fingerprint density at radius 2 is 2.35 bits per heavy atom. The quantitative estimate of drug-likeness (QED) is 0.608. The molecule has 92 valence electrons. The van der Waals surface area contributed by atoms with Gasteiger partial charge in [-0.1, -0.05) is 17.8 Å². The second-order valence-electron chi connectivity index (χ2n) is 3.09. The molecule has 0 saturated carbocycles. The monoisotopic (exact) mass is 271 g/mol. The van der Waals surface area contributed by atoms with Gasteiger partial charge >= 0.3 is 5.97 Å². The molecule has 0 aromatic carbocycles. The Morgan fingerprint density at radius 3 is 3.00 bits per heavy atom. The maximum Gasteiger partial charge on any atom is 0.357 e. The van der Waals surface area contributed by atoms with Crippen molar-refractivity contribution in [3.05, 3.63) is 22.2 Å². The minimum absolute atomic E-state index is 0.126. The van der Waals surface area contributed by atoms with Crippen molar-refractivity contribution in [2.45, 2.75) is 13.3 Å². The molecule has 1 heterocycles. The first-order valence-corrected chi connectivity index (χ1v) is 6.83. The van der Waals surface area contributed by atoms with Crippen LogP contribution in [0, 0.1) is 0 Å². The molecule has 1 aromatic rings. The van der Waals surface area contributed by atoms with Gasteiger partial charge in [0.1, 0.15) is 5.01 Å². The Labute approximate surface area is 108 Å². The average molecular weight is 271 g/mol. The Balaban J connectivity index is 2.41. The molecule has 1 rings (SSSR count). The van der Waals surface area contributed by atoms with Crippen molar-refractivity contribution in [3.8, 4) is 0 Å². The van der Waals surface area contributed by atoms with Gasteiger partial charge in [0, 0.05) is 18.1 Å². The summed E-state index contributed by atoms with van der Waals surface area (Å²) in [5.41, 5.74) is 0.329. The van der Waals surface area contributed by atoms with Crippen molar-refractivity contribution >= 4 is 40.3 Å². The lowest BCUT2D eigenvalue weighted by atomic mass is 10.4. The van der Waals surface area contributed by atoms with Gasteiger partial charge in [-0.25, -0.2) is 9.78 Å². The van der Waals surface area contributed by atoms with E-state index in [9.17, 15) is 9.59 Å². The molecule has 0 amide bonds. The standard InChI is InChI=1S/C11H13NO3S2/c1-8(13)16-6-4-3-5-10-12-9(7-17-10)11(14)15-2/h3,5,7H,4,6H2,1-2H3. The molecule has 1 aromatic heterocycles. The van der Waals surface area contributed by atoms with Crippen molar-refractivity contribution in [2.24, 2.45) is 0 Å². The lowest BCUT2D eigenvalue weighted by Crippen LogP contribution is -2.00. The summed E-state index contributed by atoms with van der Waals surface area (Å²) in [5.74, 6) is 0.342. The van der Waals surface area contributed by atoms with Gasteiger partial charge < -0.3 is 4.74 Å². The Morgan fingerprint density at radius 1 is 1.59 bits per heavy atom. The molecular formula is C11H13NO3S2. The van der Waals surface area contributed by atoms with Gasteiger partial charge in [-0.3, -0.25) is 4.79 Å². The molecule has 0 bridgehead atoms. The average Bonchev–Trinajstić information content (AvgIpc) is 2.76. The molecule has 0 aliphatic carbocycles. The smallest absolute Gasteiger partial charge is 0.357 e. The second-order valence-corrected chi connectivity index (χ2v) is 5.26. The first-order valence-electron chi connectivity index (χ1n) is 4.97. The van der Waals surface area contributed by atoms with Gasteiger partial charge in [0.25, 0.3) is 0 Å². The van der Waals surface area contributed by atoms with E-state index in [4.69, 9.17) is 0 Å². The summed E-state index contributed by atoms with van der Waals surface area (Å²) in [6.45, 7) is 1.55. The highest BCUT2D eigenvalue weighted by atomic mass is 32.2. The molecule has 0 aliphatic rings. The summed E-state index contributed by atoms with van der Waals surface area (Å²) in [6, 6.07) is 0. The summed E-state index contributed by atoms with van der Waals surface area (Å²) in [7, 11) is 1.33. The number of allylic oxidation sites excluding steroid dienone is 1. The van der Waals surface area contributed by atoms with Crippen LogP contribution in [-0.4, -0.2) is 28.9 Å². The lowest BCUT2D eigenvalue weighted by Gasteiger charge is -1.91. The molecule has 0 N–H and O–H groups in total. The fourth-order valence-electron chi connectivity index (χ4n) is 1.02. The van der Waals surface area contributed by atoms with Crippen LogP contribution in [0.1, 0.15) is 28.8 Å². The molecule has 0 fully saturated rings. The summed E-state index contributed by atoms with van der Waals surface area (Å²) in [6.07, 6.45) is 4.59. The summed E-state index contributed by atoms with van der Waals surface area (Å²) < 4.78 is 4.56. The fourth-order valence-corrected chi connectivity index (χ4v) is 2.27. The molecule has 0 radical (unpaired) electrons. The summed E-state index contributed by atoms with van der Waals surface area (Å²) in [4.78, 5) is 25.9. The van der Waals surface area contributed by atoms with Gasteiger partial charge in [-0.2, -0.15) is 0 Å². The predicted octanol–water partition coefficient (Wildman–Crippen LogP) is 2.61. The molecule has 0 saturated heterocycles. The van der Waals surface area contributed by atoms with E-state index in [2.05, 4.69) is 9.72 Å². The lowest BCUT2D eigenvalue weighted by molar-refractivity contribution is -0.109. The van der Waals surface area contributed by atoms with Crippen LogP contribution in [0.15, 0.2) is 11.5 Å². The molecule has 17 heavy (non-hydrogen) atoms. The third-order valence-corrected chi connectivity index (χ3v) is 3.42. The number of hydrogen-bond donors (Lipinski definition) is 0. The number of carbonyl (C=O) groups is 2. The highest BCUT2D eigenvalue weighted by molar-refractivity contribution is 8.13. The van der Waals surface area contributed by atoms with Crippen molar-refractivity contribution in [1.82, 2.24) is 4.98 Å². The SMILES string of the molecule is COC(=O)c1csc(C=CCCSC(C)=O)n1. The predicted molar refractivity (Wildman–Crippen MR) is 70.2 cm³/mol. The topological polar surface area (TPSA) is 56.3 Å². The molecule has 0 spiro atoms. The largest absolute Gasteiger partial charge is 0.464 e. The fraction of sp³-hybridized carbons (Fsp3) is 0.364. The highest BCUT2D eigenvalue weighted by Gasteiger charge is 2.08. The van der Waals surface area contributed by atoms with Crippen LogP contribution in [0.3, 0.4) is 0 Å². The maximum absolute atomic E-state index is 11.1. The Kier molecular flexibility index (Phi) is 5.93. The number of carbonyl (C=O) groups excluding carboxylic acids is 2. The number of thiazole rings is 1. The zero-order valence-corrected chi connectivity index (χ0v) is 11.3. The van der Waals surface area contributed by atoms with Gasteiger partial charge in [0.15, 0.2) is 10.8 Å². The van der Waals surface area contributed by atoms with Crippen LogP contribution in [0.2, 0.25) is 0 Å². The minimum atomic E-state index is -0.423. The number of esters is 1. The zero-order valence-electron chi connectivity index (χ0n) is 9.63. The Hall–Kier alpha value is -1.14. The number of rotatable bonds is 5. The number of thioether (sulfide) groups is 1. The highest BCUT2D eigenvalue weighted by Crippen LogP contribution is 2.13. The van der Waals surface area contributed by atoms with Crippen LogP contribution in [0.4, 0.5) is 0 Å². The Bertz CT molecular complexity index is 426. The normalized spacial score (nSPS) is 10.7. The van der Waals surface area contributed by atoms with Crippen LogP contribution in [-0.2, 0) is 9.53 Å². The third-order valence-electron chi connectivity index (χ3n) is 1.77. The van der Waals surface area contributed by atoms with E-state index in [1.54, 1.807) is 12.3 Å². The van der Waals surface area contributed by atoms with Crippen LogP contribution >= 0.6 is 23.1 Å². The van der Waals surface area contributed by atoms with E-state index in [-0.39, 0.29) is 5.12 Å². The van der Waals surface area contributed by atoms with Crippen molar-refractivity contribution in [2.75, 3.05) is 12.9 Å². The molecule has 0 unspecified atom stereocenters. The van der Waals surface area contributed by atoms with Crippen molar-refractivity contribution in [3.63, 3.8) is 0 Å². The minimum Gasteiger partial charge on any atom is -0.464 e. The van der Waals surface area contributed by atoms with Crippen molar-refractivity contribution < 1.29 is 14.3 Å². The van der Waals surface area contributed by atoms with E-state index in [0.29, 0.717) is 5.69 Å². The number of methoxy groups -OCH3 is 1. The maximum atomic E-state index is 11.1. The van der Waals surface area contributed by atoms with Crippen LogP contribution < -0.4 is 0 Å². The number of aromatic nitrogens is 1. The van der Waals surface area contributed by atoms with E-state index in [1.807, 2.05) is 12.2 Å². The van der Waals surface area contributed by atoms with Gasteiger partial charge in [-0.15, -0.1) is 11.3 Å². The van der Waals surface area contributed by atoms with Gasteiger partial charge in [0.05, 0.1) is 7.11 Å². The number of nitrogens with zero attached hydrogens (tertiary/aromatic N) is 1. The first kappa shape index (κ1) is 13.9. The van der Waals surface area contributed by atoms with E-state index < -0.39 is 5.97 Å². The number of ether oxygens (including phenoxy) is 1. The zero-order chi connectivity index (χ0) is 12.7. The van der Waals surface area contributed by atoms with Crippen LogP contribution in [0.25, 0.3) is 6.08 Å². The molecule has 6 heteroatoms. The molecule has 0 aliphatic heterocycles. The third kappa shape index (κ3) is 5.14. The summed E-state index contributed by atoms with van der Waals surface area (Å²) in [5, 5.41) is 2.55. The first-order chi connectivity index (χ1) is 8.13. The summed E-state index contributed by atoms with van der Waals surface area (Å²) >= 11 is 2.68. The molecular weight excluding hydrogens is 258 g/mol. The van der Waals surface area contributed by atoms with Crippen molar-refractivity contribution in [1.29, 1.82) is 0 Å². The molecule has 4 nitrogen and oxygen atoms in total. The van der Waals surface area contributed by atoms with Crippen LogP contribution in [0.5, 0.6) is 0 Å². The number of hydrogen-bond acceptors (Lipinski definition) is 6. The van der Waals surface area contributed by atoms with E-state index in [1.165, 1.54) is 30.2 Å².